The minimum atomic E-state index is -0.419. The highest BCUT2D eigenvalue weighted by Crippen LogP contribution is 2.24. The van der Waals surface area contributed by atoms with Gasteiger partial charge in [0.25, 0.3) is 0 Å². The molecule has 0 saturated carbocycles. The monoisotopic (exact) mass is 271 g/mol. The second-order valence-electron chi connectivity index (χ2n) is 2.33. The zero-order valence-corrected chi connectivity index (χ0v) is 9.68. The number of nitrogens with zero attached hydrogens (tertiary/aromatic N) is 1. The molecule has 1 rings (SSSR count). The summed E-state index contributed by atoms with van der Waals surface area (Å²) in [7, 11) is 1.32. The first kappa shape index (κ1) is 11.1. The Kier molecular flexibility index (Phi) is 3.98. The van der Waals surface area contributed by atoms with Crippen molar-refractivity contribution in [2.45, 2.75) is 4.90 Å². The topological polar surface area (TPSA) is 50.1 Å². The van der Waals surface area contributed by atoms with Crippen molar-refractivity contribution in [3.63, 3.8) is 0 Å². The van der Waals surface area contributed by atoms with Gasteiger partial charge in [-0.05, 0) is 45.9 Å². The van der Waals surface area contributed by atoms with Gasteiger partial charge in [-0.2, -0.15) is 5.26 Å². The fraction of sp³-hybridized carbons (Fsp3) is 0.111. The summed E-state index contributed by atoms with van der Waals surface area (Å²) in [5.41, 5.74) is 0.424. The van der Waals surface area contributed by atoms with Crippen molar-refractivity contribution in [2.75, 3.05) is 7.11 Å². The Morgan fingerprint density at radius 1 is 1.64 bits per heavy atom. The SMILES string of the molecule is COC(=O)c1cc(SC#N)ccc1Br. The Morgan fingerprint density at radius 3 is 2.93 bits per heavy atom. The molecule has 72 valence electrons. The number of methoxy groups -OCH3 is 1. The number of carbonyl (C=O) groups excluding carboxylic acids is 1. The van der Waals surface area contributed by atoms with E-state index < -0.39 is 5.97 Å². The van der Waals surface area contributed by atoms with Crippen LogP contribution in [0.1, 0.15) is 10.4 Å². The standard InChI is InChI=1S/C9H6BrNO2S/c1-13-9(12)7-4-6(14-5-11)2-3-8(7)10/h2-4H,1H3. The maximum Gasteiger partial charge on any atom is 0.339 e. The van der Waals surface area contributed by atoms with Crippen LogP contribution in [0.15, 0.2) is 27.6 Å². The average molecular weight is 272 g/mol. The second kappa shape index (κ2) is 5.03. The van der Waals surface area contributed by atoms with Gasteiger partial charge in [0.1, 0.15) is 5.40 Å². The van der Waals surface area contributed by atoms with Gasteiger partial charge in [0.05, 0.1) is 12.7 Å². The number of benzene rings is 1. The van der Waals surface area contributed by atoms with Gasteiger partial charge in [0.15, 0.2) is 0 Å². The van der Waals surface area contributed by atoms with Crippen LogP contribution in [0.4, 0.5) is 0 Å². The Bertz CT molecular complexity index is 400. The number of hydrogen-bond donors (Lipinski definition) is 0. The number of carbonyl (C=O) groups is 1. The first-order valence-electron chi connectivity index (χ1n) is 3.63. The zero-order chi connectivity index (χ0) is 10.6. The zero-order valence-electron chi connectivity index (χ0n) is 7.28. The lowest BCUT2D eigenvalue weighted by Gasteiger charge is -2.03. The average Bonchev–Trinajstić information content (AvgIpc) is 2.20. The molecule has 0 aliphatic rings. The van der Waals surface area contributed by atoms with Crippen LogP contribution in [0.3, 0.4) is 0 Å². The minimum Gasteiger partial charge on any atom is -0.465 e. The summed E-state index contributed by atoms with van der Waals surface area (Å²) < 4.78 is 5.25. The van der Waals surface area contributed by atoms with E-state index in [0.717, 1.165) is 16.7 Å². The smallest absolute Gasteiger partial charge is 0.339 e. The number of hydrogen-bond acceptors (Lipinski definition) is 4. The molecular weight excluding hydrogens is 266 g/mol. The lowest BCUT2D eigenvalue weighted by atomic mass is 10.2. The molecule has 0 aliphatic heterocycles. The predicted molar refractivity (Wildman–Crippen MR) is 57.0 cm³/mol. The van der Waals surface area contributed by atoms with Crippen LogP contribution in [-0.2, 0) is 4.74 Å². The second-order valence-corrected chi connectivity index (χ2v) is 4.04. The highest BCUT2D eigenvalue weighted by atomic mass is 79.9. The molecule has 0 bridgehead atoms. The van der Waals surface area contributed by atoms with Crippen molar-refractivity contribution >= 4 is 33.7 Å². The van der Waals surface area contributed by atoms with Crippen LogP contribution in [0.5, 0.6) is 0 Å². The summed E-state index contributed by atoms with van der Waals surface area (Å²) >= 11 is 4.23. The normalized spacial score (nSPS) is 9.21. The number of thiocyanates is 1. The number of ether oxygens (including phenoxy) is 1. The van der Waals surface area contributed by atoms with Crippen LogP contribution >= 0.6 is 27.7 Å². The fourth-order valence-corrected chi connectivity index (χ4v) is 1.71. The van der Waals surface area contributed by atoms with Gasteiger partial charge in [-0.1, -0.05) is 0 Å². The third-order valence-electron chi connectivity index (χ3n) is 1.51. The molecule has 14 heavy (non-hydrogen) atoms. The largest absolute Gasteiger partial charge is 0.465 e. The molecule has 0 unspecified atom stereocenters. The molecule has 0 N–H and O–H groups in total. The number of halogens is 1. The van der Waals surface area contributed by atoms with E-state index in [2.05, 4.69) is 20.7 Å². The van der Waals surface area contributed by atoms with Gasteiger partial charge < -0.3 is 4.74 Å². The van der Waals surface area contributed by atoms with Crippen LogP contribution in [-0.4, -0.2) is 13.1 Å². The van der Waals surface area contributed by atoms with E-state index in [9.17, 15) is 4.79 Å². The van der Waals surface area contributed by atoms with E-state index >= 15 is 0 Å². The summed E-state index contributed by atoms with van der Waals surface area (Å²) in [5.74, 6) is -0.419. The van der Waals surface area contributed by atoms with Gasteiger partial charge in [-0.3, -0.25) is 0 Å². The van der Waals surface area contributed by atoms with E-state index in [1.54, 1.807) is 18.2 Å². The van der Waals surface area contributed by atoms with Crippen LogP contribution in [0.25, 0.3) is 0 Å². The van der Waals surface area contributed by atoms with E-state index in [4.69, 9.17) is 5.26 Å². The van der Waals surface area contributed by atoms with Crippen molar-refractivity contribution < 1.29 is 9.53 Å². The first-order valence-corrected chi connectivity index (χ1v) is 5.23. The highest BCUT2D eigenvalue weighted by Gasteiger charge is 2.10. The quantitative estimate of drug-likeness (QED) is 0.472. The molecule has 0 amide bonds. The number of esters is 1. The molecule has 0 fully saturated rings. The van der Waals surface area contributed by atoms with Gasteiger partial charge in [0.2, 0.25) is 0 Å². The lowest BCUT2D eigenvalue weighted by molar-refractivity contribution is 0.0599. The Labute approximate surface area is 94.2 Å². The Morgan fingerprint density at radius 2 is 2.36 bits per heavy atom. The Hall–Kier alpha value is -0.990. The molecule has 0 heterocycles. The fourth-order valence-electron chi connectivity index (χ4n) is 0.887. The summed E-state index contributed by atoms with van der Waals surface area (Å²) in [6, 6.07) is 5.08. The van der Waals surface area contributed by atoms with Crippen molar-refractivity contribution in [1.29, 1.82) is 5.26 Å². The summed E-state index contributed by atoms with van der Waals surface area (Å²) in [6.45, 7) is 0. The minimum absolute atomic E-state index is 0.419. The molecule has 0 saturated heterocycles. The maximum absolute atomic E-state index is 11.2. The number of thioether (sulfide) groups is 1. The molecule has 1 aromatic carbocycles. The third-order valence-corrected chi connectivity index (χ3v) is 2.78. The van der Waals surface area contributed by atoms with Crippen molar-refractivity contribution in [1.82, 2.24) is 0 Å². The molecule has 0 radical (unpaired) electrons. The van der Waals surface area contributed by atoms with E-state index in [-0.39, 0.29) is 0 Å². The Balaban J connectivity index is 3.09. The van der Waals surface area contributed by atoms with Crippen molar-refractivity contribution in [3.8, 4) is 5.40 Å². The van der Waals surface area contributed by atoms with E-state index in [1.165, 1.54) is 7.11 Å². The molecule has 3 nitrogen and oxygen atoms in total. The summed E-state index contributed by atoms with van der Waals surface area (Å²) in [4.78, 5) is 12.0. The summed E-state index contributed by atoms with van der Waals surface area (Å²) in [5, 5.41) is 10.4. The maximum atomic E-state index is 11.2. The molecule has 0 spiro atoms. The number of nitriles is 1. The predicted octanol–water partition coefficient (Wildman–Crippen LogP) is 2.81. The molecule has 0 atom stereocenters. The van der Waals surface area contributed by atoms with Crippen molar-refractivity contribution in [3.05, 3.63) is 28.2 Å². The molecule has 5 heteroatoms. The molecule has 0 aromatic heterocycles. The van der Waals surface area contributed by atoms with Crippen LogP contribution < -0.4 is 0 Å². The molecular formula is C9H6BrNO2S. The summed E-state index contributed by atoms with van der Waals surface area (Å²) in [6.07, 6.45) is 0. The van der Waals surface area contributed by atoms with Crippen molar-refractivity contribution in [2.24, 2.45) is 0 Å². The molecule has 1 aromatic rings. The van der Waals surface area contributed by atoms with Crippen LogP contribution in [0.2, 0.25) is 0 Å². The van der Waals surface area contributed by atoms with E-state index in [1.807, 2.05) is 5.40 Å². The van der Waals surface area contributed by atoms with Gasteiger partial charge in [0, 0.05) is 9.37 Å². The highest BCUT2D eigenvalue weighted by molar-refractivity contribution is 9.10. The molecule has 0 aliphatic carbocycles. The van der Waals surface area contributed by atoms with Gasteiger partial charge >= 0.3 is 5.97 Å². The third kappa shape index (κ3) is 2.50. The first-order chi connectivity index (χ1) is 6.69. The van der Waals surface area contributed by atoms with Gasteiger partial charge in [-0.15, -0.1) is 0 Å². The lowest BCUT2D eigenvalue weighted by Crippen LogP contribution is -2.02. The van der Waals surface area contributed by atoms with Crippen LogP contribution in [0, 0.1) is 10.7 Å². The van der Waals surface area contributed by atoms with Gasteiger partial charge in [-0.25, -0.2) is 4.79 Å². The van der Waals surface area contributed by atoms with E-state index in [0.29, 0.717) is 10.0 Å². The number of rotatable bonds is 2.